The van der Waals surface area contributed by atoms with Crippen LogP contribution in [0.15, 0.2) is 30.5 Å². The van der Waals surface area contributed by atoms with Crippen LogP contribution < -0.4 is 0 Å². The molecule has 0 radical (unpaired) electrons. The van der Waals surface area contributed by atoms with Crippen molar-refractivity contribution in [3.63, 3.8) is 0 Å². The van der Waals surface area contributed by atoms with Crippen molar-refractivity contribution in [3.8, 4) is 0 Å². The fourth-order valence-corrected chi connectivity index (χ4v) is 2.87. The zero-order valence-electron chi connectivity index (χ0n) is 10.3. The van der Waals surface area contributed by atoms with Gasteiger partial charge in [-0.3, -0.25) is 0 Å². The molecular weight excluding hydrogens is 266 g/mol. The molecule has 1 saturated heterocycles. The van der Waals surface area contributed by atoms with Crippen LogP contribution in [0.2, 0.25) is 5.02 Å². The van der Waals surface area contributed by atoms with Crippen LogP contribution >= 0.6 is 11.6 Å². The predicted molar refractivity (Wildman–Crippen MR) is 72.5 cm³/mol. The van der Waals surface area contributed by atoms with Crippen LogP contribution in [0.5, 0.6) is 0 Å². The Balaban J connectivity index is 1.81. The molecule has 2 unspecified atom stereocenters. The summed E-state index contributed by atoms with van der Waals surface area (Å²) in [5.74, 6) is -0.877. The molecule has 1 aromatic carbocycles. The monoisotopic (exact) mass is 279 g/mol. The fourth-order valence-electron chi connectivity index (χ4n) is 2.59. The molecule has 1 N–H and O–H groups in total. The maximum absolute atomic E-state index is 10.9. The standard InChI is InChI=1S/C14H14ClNO3/c15-11-8-16(12-4-2-1-3-10(11)12)7-9-5-6-13(19-9)14(17)18/h1-4,8-9,13H,5-7H2,(H,17,18). The molecule has 1 aromatic heterocycles. The van der Waals surface area contributed by atoms with Gasteiger partial charge < -0.3 is 14.4 Å². The number of halogens is 1. The number of benzene rings is 1. The van der Waals surface area contributed by atoms with E-state index in [9.17, 15) is 4.79 Å². The SMILES string of the molecule is O=C(O)C1CCC(Cn2cc(Cl)c3ccccc32)O1. The third-order valence-corrected chi connectivity index (χ3v) is 3.82. The Morgan fingerprint density at radius 2 is 2.21 bits per heavy atom. The van der Waals surface area contributed by atoms with Crippen LogP contribution in [-0.2, 0) is 16.1 Å². The zero-order chi connectivity index (χ0) is 13.4. The highest BCUT2D eigenvalue weighted by Gasteiger charge is 2.30. The van der Waals surface area contributed by atoms with Gasteiger partial charge in [0.1, 0.15) is 0 Å². The number of hydrogen-bond donors (Lipinski definition) is 1. The summed E-state index contributed by atoms with van der Waals surface area (Å²) in [5.41, 5.74) is 1.05. The van der Waals surface area contributed by atoms with Crippen molar-refractivity contribution < 1.29 is 14.6 Å². The van der Waals surface area contributed by atoms with E-state index in [-0.39, 0.29) is 6.10 Å². The predicted octanol–water partition coefficient (Wildman–Crippen LogP) is 2.93. The lowest BCUT2D eigenvalue weighted by Gasteiger charge is -2.13. The molecule has 0 amide bonds. The molecule has 1 aliphatic heterocycles. The van der Waals surface area contributed by atoms with E-state index in [1.807, 2.05) is 35.0 Å². The van der Waals surface area contributed by atoms with Crippen molar-refractivity contribution in [2.75, 3.05) is 0 Å². The quantitative estimate of drug-likeness (QED) is 0.940. The van der Waals surface area contributed by atoms with Crippen LogP contribution in [0.25, 0.3) is 10.9 Å². The van der Waals surface area contributed by atoms with E-state index in [0.29, 0.717) is 18.0 Å². The number of ether oxygens (including phenoxy) is 1. The zero-order valence-corrected chi connectivity index (χ0v) is 11.0. The number of fused-ring (bicyclic) bond motifs is 1. The van der Waals surface area contributed by atoms with Crippen molar-refractivity contribution in [1.82, 2.24) is 4.57 Å². The third-order valence-electron chi connectivity index (χ3n) is 3.52. The molecule has 5 heteroatoms. The van der Waals surface area contributed by atoms with Gasteiger partial charge in [0.05, 0.1) is 11.1 Å². The summed E-state index contributed by atoms with van der Waals surface area (Å²) in [7, 11) is 0. The second kappa shape index (κ2) is 4.87. The highest BCUT2D eigenvalue weighted by atomic mass is 35.5. The van der Waals surface area contributed by atoms with Gasteiger partial charge in [-0.15, -0.1) is 0 Å². The Bertz CT molecular complexity index is 622. The Morgan fingerprint density at radius 3 is 2.95 bits per heavy atom. The summed E-state index contributed by atoms with van der Waals surface area (Å²) in [4.78, 5) is 10.9. The fraction of sp³-hybridized carbons (Fsp3) is 0.357. The van der Waals surface area contributed by atoms with Crippen LogP contribution in [0, 0.1) is 0 Å². The number of aliphatic carboxylic acids is 1. The summed E-state index contributed by atoms with van der Waals surface area (Å²) in [6, 6.07) is 7.89. The van der Waals surface area contributed by atoms with Gasteiger partial charge >= 0.3 is 5.97 Å². The summed E-state index contributed by atoms with van der Waals surface area (Å²) in [6.45, 7) is 0.636. The molecule has 3 rings (SSSR count). The lowest BCUT2D eigenvalue weighted by atomic mass is 10.2. The molecule has 0 bridgehead atoms. The van der Waals surface area contributed by atoms with Gasteiger partial charge in [-0.2, -0.15) is 0 Å². The van der Waals surface area contributed by atoms with Crippen molar-refractivity contribution >= 4 is 28.5 Å². The first-order valence-corrected chi connectivity index (χ1v) is 6.64. The van der Waals surface area contributed by atoms with E-state index in [0.717, 1.165) is 17.3 Å². The topological polar surface area (TPSA) is 51.5 Å². The highest BCUT2D eigenvalue weighted by molar-refractivity contribution is 6.35. The van der Waals surface area contributed by atoms with Gasteiger partial charge in [0.15, 0.2) is 6.10 Å². The van der Waals surface area contributed by atoms with Crippen LogP contribution in [0.3, 0.4) is 0 Å². The number of nitrogens with zero attached hydrogens (tertiary/aromatic N) is 1. The molecule has 1 fully saturated rings. The van der Waals surface area contributed by atoms with Gasteiger partial charge in [-0.1, -0.05) is 29.8 Å². The van der Waals surface area contributed by atoms with E-state index in [2.05, 4.69) is 0 Å². The Kier molecular flexibility index (Phi) is 3.21. The van der Waals surface area contributed by atoms with Gasteiger partial charge in [0.25, 0.3) is 0 Å². The van der Waals surface area contributed by atoms with Gasteiger partial charge in [0, 0.05) is 23.6 Å². The van der Waals surface area contributed by atoms with Crippen molar-refractivity contribution in [2.45, 2.75) is 31.6 Å². The van der Waals surface area contributed by atoms with Crippen LogP contribution in [0.4, 0.5) is 0 Å². The van der Waals surface area contributed by atoms with Gasteiger partial charge in [-0.05, 0) is 18.9 Å². The number of carboxylic acid groups (broad SMARTS) is 1. The number of hydrogen-bond acceptors (Lipinski definition) is 2. The number of carboxylic acids is 1. The molecule has 2 atom stereocenters. The van der Waals surface area contributed by atoms with E-state index < -0.39 is 12.1 Å². The first-order valence-electron chi connectivity index (χ1n) is 6.27. The summed E-state index contributed by atoms with van der Waals surface area (Å²) in [5, 5.41) is 10.6. The highest BCUT2D eigenvalue weighted by Crippen LogP contribution is 2.28. The lowest BCUT2D eigenvalue weighted by molar-refractivity contribution is -0.149. The molecular formula is C14H14ClNO3. The van der Waals surface area contributed by atoms with Crippen molar-refractivity contribution in [1.29, 1.82) is 0 Å². The number of carbonyl (C=O) groups is 1. The average molecular weight is 280 g/mol. The van der Waals surface area contributed by atoms with E-state index in [4.69, 9.17) is 21.4 Å². The minimum Gasteiger partial charge on any atom is -0.479 e. The molecule has 1 aliphatic rings. The van der Waals surface area contributed by atoms with E-state index >= 15 is 0 Å². The maximum atomic E-state index is 10.9. The molecule has 19 heavy (non-hydrogen) atoms. The van der Waals surface area contributed by atoms with Crippen molar-refractivity contribution in [2.24, 2.45) is 0 Å². The molecule has 0 spiro atoms. The van der Waals surface area contributed by atoms with Crippen LogP contribution in [0.1, 0.15) is 12.8 Å². The van der Waals surface area contributed by atoms with Crippen molar-refractivity contribution in [3.05, 3.63) is 35.5 Å². The summed E-state index contributed by atoms with van der Waals surface area (Å²) in [6.07, 6.45) is 2.49. The second-order valence-electron chi connectivity index (χ2n) is 4.81. The summed E-state index contributed by atoms with van der Waals surface area (Å²) >= 11 is 6.19. The first kappa shape index (κ1) is 12.5. The third kappa shape index (κ3) is 2.33. The maximum Gasteiger partial charge on any atom is 0.332 e. The Hall–Kier alpha value is -1.52. The molecule has 2 heterocycles. The molecule has 0 aliphatic carbocycles. The largest absolute Gasteiger partial charge is 0.479 e. The van der Waals surface area contributed by atoms with Crippen LogP contribution in [-0.4, -0.2) is 27.9 Å². The molecule has 0 saturated carbocycles. The average Bonchev–Trinajstić information content (AvgIpc) is 2.97. The first-order chi connectivity index (χ1) is 9.15. The second-order valence-corrected chi connectivity index (χ2v) is 5.22. The Labute approximate surface area is 115 Å². The molecule has 100 valence electrons. The molecule has 2 aromatic rings. The minimum atomic E-state index is -0.877. The smallest absolute Gasteiger partial charge is 0.332 e. The van der Waals surface area contributed by atoms with Gasteiger partial charge in [0.2, 0.25) is 0 Å². The number of rotatable bonds is 3. The lowest BCUT2D eigenvalue weighted by Crippen LogP contribution is -2.22. The van der Waals surface area contributed by atoms with Gasteiger partial charge in [-0.25, -0.2) is 4.79 Å². The van der Waals surface area contributed by atoms with E-state index in [1.165, 1.54) is 0 Å². The van der Waals surface area contributed by atoms with E-state index in [1.54, 1.807) is 0 Å². The summed E-state index contributed by atoms with van der Waals surface area (Å²) < 4.78 is 7.56. The number of para-hydroxylation sites is 1. The number of aromatic nitrogens is 1. The Morgan fingerprint density at radius 1 is 1.42 bits per heavy atom. The molecule has 4 nitrogen and oxygen atoms in total. The normalized spacial score (nSPS) is 23.0. The minimum absolute atomic E-state index is 0.0621.